The van der Waals surface area contributed by atoms with Crippen LogP contribution in [0.2, 0.25) is 0 Å². The fraction of sp³-hybridized carbons (Fsp3) is 0.500. The van der Waals surface area contributed by atoms with E-state index in [-0.39, 0.29) is 6.04 Å². The summed E-state index contributed by atoms with van der Waals surface area (Å²) in [5.74, 6) is 0.920. The van der Waals surface area contributed by atoms with Crippen LogP contribution in [0, 0.1) is 0 Å². The monoisotopic (exact) mass is 440 g/mol. The van der Waals surface area contributed by atoms with E-state index in [1.54, 1.807) is 7.11 Å². The van der Waals surface area contributed by atoms with Gasteiger partial charge in [-0.05, 0) is 69.2 Å². The van der Waals surface area contributed by atoms with E-state index in [0.29, 0.717) is 13.0 Å². The quantitative estimate of drug-likeness (QED) is 0.574. The van der Waals surface area contributed by atoms with E-state index in [1.165, 1.54) is 11.1 Å². The summed E-state index contributed by atoms with van der Waals surface area (Å²) in [5, 5.41) is 17.4. The summed E-state index contributed by atoms with van der Waals surface area (Å²) in [6.45, 7) is 5.83. The lowest BCUT2D eigenvalue weighted by Gasteiger charge is -2.31. The van der Waals surface area contributed by atoms with Crippen LogP contribution in [-0.2, 0) is 17.6 Å². The molecule has 0 saturated carbocycles. The van der Waals surface area contributed by atoms with Crippen molar-refractivity contribution in [3.05, 3.63) is 65.2 Å². The van der Waals surface area contributed by atoms with Gasteiger partial charge in [-0.1, -0.05) is 42.5 Å². The first-order chi connectivity index (χ1) is 15.3. The van der Waals surface area contributed by atoms with Crippen LogP contribution in [0.15, 0.2) is 48.5 Å². The van der Waals surface area contributed by atoms with Crippen molar-refractivity contribution in [3.63, 3.8) is 0 Å². The van der Waals surface area contributed by atoms with Gasteiger partial charge in [0.25, 0.3) is 0 Å². The lowest BCUT2D eigenvalue weighted by atomic mass is 9.87. The third-order valence-electron chi connectivity index (χ3n) is 5.72. The second-order valence-corrected chi connectivity index (χ2v) is 9.39. The number of nitrogens with one attached hydrogen (secondary N) is 2. The molecule has 2 aromatic rings. The minimum absolute atomic E-state index is 0.141. The van der Waals surface area contributed by atoms with Crippen molar-refractivity contribution in [2.75, 3.05) is 13.7 Å². The topological polar surface area (TPSA) is 79.8 Å². The summed E-state index contributed by atoms with van der Waals surface area (Å²) >= 11 is 0. The molecule has 1 aliphatic rings. The van der Waals surface area contributed by atoms with Crippen molar-refractivity contribution in [3.8, 4) is 5.75 Å². The Hall–Kier alpha value is -2.57. The van der Waals surface area contributed by atoms with Crippen LogP contribution >= 0.6 is 0 Å². The fourth-order valence-electron chi connectivity index (χ4n) is 4.23. The maximum absolute atomic E-state index is 12.4. The van der Waals surface area contributed by atoms with Crippen molar-refractivity contribution in [2.45, 2.75) is 70.2 Å². The molecule has 0 heterocycles. The number of methoxy groups -OCH3 is 1. The Morgan fingerprint density at radius 1 is 1.16 bits per heavy atom. The summed E-state index contributed by atoms with van der Waals surface area (Å²) in [5.41, 5.74) is 2.90. The van der Waals surface area contributed by atoms with Gasteiger partial charge in [0.05, 0.1) is 19.3 Å². The largest absolute Gasteiger partial charge is 0.496 e. The van der Waals surface area contributed by atoms with Crippen molar-refractivity contribution >= 4 is 6.09 Å². The molecule has 3 rings (SSSR count). The van der Waals surface area contributed by atoms with Gasteiger partial charge in [-0.2, -0.15) is 0 Å². The molecule has 1 aliphatic carbocycles. The minimum atomic E-state index is -0.779. The highest BCUT2D eigenvalue weighted by atomic mass is 16.6. The average Bonchev–Trinajstić information content (AvgIpc) is 2.76. The number of aliphatic hydroxyl groups excluding tert-OH is 1. The van der Waals surface area contributed by atoms with Crippen molar-refractivity contribution in [1.29, 1.82) is 0 Å². The Kier molecular flexibility index (Phi) is 8.15. The van der Waals surface area contributed by atoms with Crippen molar-refractivity contribution < 1.29 is 19.4 Å². The number of aliphatic hydroxyl groups is 1. The second kappa shape index (κ2) is 10.8. The number of carbonyl (C=O) groups is 1. The van der Waals surface area contributed by atoms with Crippen LogP contribution in [0.4, 0.5) is 4.79 Å². The molecule has 32 heavy (non-hydrogen) atoms. The molecule has 0 bridgehead atoms. The van der Waals surface area contributed by atoms with Gasteiger partial charge in [0.2, 0.25) is 0 Å². The molecule has 6 nitrogen and oxygen atoms in total. The summed E-state index contributed by atoms with van der Waals surface area (Å²) in [6, 6.07) is 15.6. The number of hydrogen-bond acceptors (Lipinski definition) is 5. The zero-order valence-corrected chi connectivity index (χ0v) is 19.6. The zero-order chi connectivity index (χ0) is 23.1. The van der Waals surface area contributed by atoms with E-state index in [2.05, 4.69) is 16.7 Å². The smallest absolute Gasteiger partial charge is 0.407 e. The Morgan fingerprint density at radius 2 is 1.91 bits per heavy atom. The molecule has 174 valence electrons. The molecule has 3 atom stereocenters. The van der Waals surface area contributed by atoms with Gasteiger partial charge >= 0.3 is 6.09 Å². The molecule has 0 radical (unpaired) electrons. The maximum Gasteiger partial charge on any atom is 0.407 e. The number of benzene rings is 2. The Morgan fingerprint density at radius 3 is 2.59 bits per heavy atom. The molecule has 0 saturated heterocycles. The first-order valence-corrected chi connectivity index (χ1v) is 11.4. The van der Waals surface area contributed by atoms with Gasteiger partial charge in [0.1, 0.15) is 11.4 Å². The second-order valence-electron chi connectivity index (χ2n) is 9.39. The van der Waals surface area contributed by atoms with Gasteiger partial charge < -0.3 is 25.2 Å². The van der Waals surface area contributed by atoms with Crippen molar-refractivity contribution in [1.82, 2.24) is 10.6 Å². The lowest BCUT2D eigenvalue weighted by Crippen LogP contribution is -2.50. The van der Waals surface area contributed by atoms with Gasteiger partial charge in [-0.25, -0.2) is 4.79 Å². The van der Waals surface area contributed by atoms with E-state index in [1.807, 2.05) is 63.2 Å². The first-order valence-electron chi connectivity index (χ1n) is 11.4. The SMILES string of the molecule is COc1cccc2c1CCCC2NC[C@@H](O)[C@H](Cc1ccccc1)NC(=O)OC(C)(C)C. The van der Waals surface area contributed by atoms with Gasteiger partial charge in [-0.3, -0.25) is 0 Å². The summed E-state index contributed by atoms with van der Waals surface area (Å²) < 4.78 is 11.0. The molecule has 1 unspecified atom stereocenters. The molecule has 6 heteroatoms. The molecule has 0 aromatic heterocycles. The molecular weight excluding hydrogens is 404 g/mol. The first kappa shape index (κ1) is 24.1. The number of carbonyl (C=O) groups excluding carboxylic acids is 1. The molecule has 1 amide bonds. The summed E-state index contributed by atoms with van der Waals surface area (Å²) in [4.78, 5) is 12.4. The summed E-state index contributed by atoms with van der Waals surface area (Å²) in [7, 11) is 1.70. The zero-order valence-electron chi connectivity index (χ0n) is 19.6. The average molecular weight is 441 g/mol. The summed E-state index contributed by atoms with van der Waals surface area (Å²) in [6.07, 6.45) is 2.26. The molecule has 0 fully saturated rings. The van der Waals surface area contributed by atoms with Crippen molar-refractivity contribution in [2.24, 2.45) is 0 Å². The highest BCUT2D eigenvalue weighted by Gasteiger charge is 2.27. The predicted molar refractivity (Wildman–Crippen MR) is 126 cm³/mol. The van der Waals surface area contributed by atoms with Crippen LogP contribution in [0.5, 0.6) is 5.75 Å². The van der Waals surface area contributed by atoms with Crippen LogP contribution in [0.1, 0.15) is 56.3 Å². The third-order valence-corrected chi connectivity index (χ3v) is 5.72. The van der Waals surface area contributed by atoms with Gasteiger partial charge in [-0.15, -0.1) is 0 Å². The van der Waals surface area contributed by atoms with E-state index < -0.39 is 23.8 Å². The molecule has 0 spiro atoms. The number of alkyl carbamates (subject to hydrolysis) is 1. The number of hydrogen-bond donors (Lipinski definition) is 3. The van der Waals surface area contributed by atoms with Crippen LogP contribution < -0.4 is 15.4 Å². The Bertz CT molecular complexity index is 879. The Balaban J connectivity index is 1.68. The van der Waals surface area contributed by atoms with Crippen LogP contribution in [-0.4, -0.2) is 42.6 Å². The molecular formula is C26H36N2O4. The standard InChI is InChI=1S/C26H36N2O4/c1-26(2,3)32-25(30)28-22(16-18-10-6-5-7-11-18)23(29)17-27-21-14-8-13-20-19(21)12-9-15-24(20)31-4/h5-7,9-12,15,21-23,27,29H,8,13-14,16-17H2,1-4H3,(H,28,30)/t21?,22-,23+/m0/s1. The van der Waals surface area contributed by atoms with Gasteiger partial charge in [0, 0.05) is 12.6 Å². The number of ether oxygens (including phenoxy) is 2. The molecule has 0 aliphatic heterocycles. The normalized spacial score (nSPS) is 17.7. The predicted octanol–water partition coefficient (Wildman–Crippen LogP) is 4.16. The van der Waals surface area contributed by atoms with Gasteiger partial charge in [0.15, 0.2) is 0 Å². The maximum atomic E-state index is 12.4. The molecule has 2 aromatic carbocycles. The highest BCUT2D eigenvalue weighted by molar-refractivity contribution is 5.68. The van der Waals surface area contributed by atoms with E-state index in [9.17, 15) is 9.90 Å². The van der Waals surface area contributed by atoms with Crippen LogP contribution in [0.3, 0.4) is 0 Å². The molecule has 3 N–H and O–H groups in total. The van der Waals surface area contributed by atoms with E-state index in [4.69, 9.17) is 9.47 Å². The van der Waals surface area contributed by atoms with Crippen LogP contribution in [0.25, 0.3) is 0 Å². The van der Waals surface area contributed by atoms with E-state index in [0.717, 1.165) is 30.6 Å². The minimum Gasteiger partial charge on any atom is -0.496 e. The van der Waals surface area contributed by atoms with E-state index >= 15 is 0 Å². The third kappa shape index (κ3) is 6.71. The number of fused-ring (bicyclic) bond motifs is 1. The number of amides is 1. The highest BCUT2D eigenvalue weighted by Crippen LogP contribution is 2.35. The fourth-order valence-corrected chi connectivity index (χ4v) is 4.23. The Labute approximate surface area is 191 Å². The number of rotatable bonds is 8. The lowest BCUT2D eigenvalue weighted by molar-refractivity contribution is 0.0419.